The third-order valence-electron chi connectivity index (χ3n) is 4.29. The van der Waals surface area contributed by atoms with Gasteiger partial charge in [0.1, 0.15) is 0 Å². The largest absolute Gasteiger partial charge is 0.306 e. The fourth-order valence-corrected chi connectivity index (χ4v) is 2.79. The molecule has 0 atom stereocenters. The normalized spacial score (nSPS) is 11.4. The van der Waals surface area contributed by atoms with Crippen molar-refractivity contribution in [3.8, 4) is 0 Å². The Morgan fingerprint density at radius 1 is 0.450 bits per heavy atom. The van der Waals surface area contributed by atoms with E-state index in [-0.39, 0.29) is 0 Å². The average molecular weight is 284 g/mol. The minimum Gasteiger partial charge on any atom is -0.306 e. The maximum absolute atomic E-state index is 2.53. The second-order valence-corrected chi connectivity index (χ2v) is 6.55. The minimum absolute atomic E-state index is 1.31. The Balaban J connectivity index is 3.09. The fraction of sp³-hybridized carbons (Fsp3) is 1.00. The second kappa shape index (κ2) is 17.0. The molecule has 1 heteroatoms. The van der Waals surface area contributed by atoms with Gasteiger partial charge in [-0.15, -0.1) is 0 Å². The van der Waals surface area contributed by atoms with Crippen molar-refractivity contribution < 1.29 is 0 Å². The molecule has 0 bridgehead atoms. The molecule has 0 aliphatic rings. The first-order valence-corrected chi connectivity index (χ1v) is 9.49. The highest BCUT2D eigenvalue weighted by Gasteiger charge is 1.98. The molecule has 0 aromatic heterocycles. The van der Waals surface area contributed by atoms with Crippen LogP contribution in [0, 0.1) is 0 Å². The average Bonchev–Trinajstić information content (AvgIpc) is 2.45. The molecular weight excluding hydrogens is 242 g/mol. The highest BCUT2D eigenvalue weighted by molar-refractivity contribution is 4.54. The van der Waals surface area contributed by atoms with Crippen LogP contribution in [0.2, 0.25) is 0 Å². The number of unbranched alkanes of at least 4 members (excludes halogenated alkanes) is 12. The molecule has 0 rings (SSSR count). The Bertz CT molecular complexity index is 167. The van der Waals surface area contributed by atoms with E-state index in [1.165, 1.54) is 103 Å². The Morgan fingerprint density at radius 2 is 0.750 bits per heavy atom. The van der Waals surface area contributed by atoms with E-state index < -0.39 is 0 Å². The lowest BCUT2D eigenvalue weighted by molar-refractivity contribution is 0.314. The van der Waals surface area contributed by atoms with E-state index in [0.717, 1.165) is 0 Å². The predicted octanol–water partition coefficient (Wildman–Crippen LogP) is 6.42. The third-order valence-corrected chi connectivity index (χ3v) is 4.29. The Morgan fingerprint density at radius 3 is 1.10 bits per heavy atom. The molecule has 0 aliphatic carbocycles. The number of hydrogen-bond acceptors (Lipinski definition) is 1. The maximum Gasteiger partial charge on any atom is -0.00218 e. The Labute approximate surface area is 129 Å². The molecule has 0 N–H and O–H groups in total. The van der Waals surface area contributed by atoms with Crippen LogP contribution in [0.5, 0.6) is 0 Å². The summed E-state index contributed by atoms with van der Waals surface area (Å²) in [7, 11) is 2.30. The van der Waals surface area contributed by atoms with Gasteiger partial charge in [-0.3, -0.25) is 0 Å². The van der Waals surface area contributed by atoms with Crippen LogP contribution in [0.1, 0.15) is 104 Å². The van der Waals surface area contributed by atoms with Crippen molar-refractivity contribution in [3.05, 3.63) is 0 Å². The number of rotatable bonds is 16. The van der Waals surface area contributed by atoms with Crippen molar-refractivity contribution in [2.75, 3.05) is 20.1 Å². The summed E-state index contributed by atoms with van der Waals surface area (Å²) < 4.78 is 0. The fourth-order valence-electron chi connectivity index (χ4n) is 2.79. The molecule has 0 fully saturated rings. The summed E-state index contributed by atoms with van der Waals surface area (Å²) in [6.07, 6.45) is 20.0. The highest BCUT2D eigenvalue weighted by atomic mass is 15.1. The van der Waals surface area contributed by atoms with Crippen LogP contribution < -0.4 is 0 Å². The van der Waals surface area contributed by atoms with Gasteiger partial charge in [0.25, 0.3) is 0 Å². The molecule has 0 aliphatic heterocycles. The van der Waals surface area contributed by atoms with Crippen molar-refractivity contribution in [3.63, 3.8) is 0 Å². The summed E-state index contributed by atoms with van der Waals surface area (Å²) in [5, 5.41) is 0. The molecule has 0 saturated carbocycles. The Hall–Kier alpha value is -0.0400. The van der Waals surface area contributed by atoms with Gasteiger partial charge in [-0.25, -0.2) is 0 Å². The van der Waals surface area contributed by atoms with Crippen molar-refractivity contribution in [1.29, 1.82) is 0 Å². The Kier molecular flexibility index (Phi) is 17.0. The van der Waals surface area contributed by atoms with Gasteiger partial charge in [-0.1, -0.05) is 90.9 Å². The molecule has 0 aromatic carbocycles. The van der Waals surface area contributed by atoms with E-state index in [9.17, 15) is 0 Å². The van der Waals surface area contributed by atoms with E-state index in [4.69, 9.17) is 0 Å². The summed E-state index contributed by atoms with van der Waals surface area (Å²) in [5.74, 6) is 0. The molecular formula is C19H41N. The molecule has 0 unspecified atom stereocenters. The van der Waals surface area contributed by atoms with Gasteiger partial charge < -0.3 is 4.90 Å². The molecule has 0 amide bonds. The molecule has 20 heavy (non-hydrogen) atoms. The van der Waals surface area contributed by atoms with Crippen molar-refractivity contribution in [2.45, 2.75) is 104 Å². The highest BCUT2D eigenvalue weighted by Crippen LogP contribution is 2.10. The monoisotopic (exact) mass is 283 g/mol. The third kappa shape index (κ3) is 16.0. The SMILES string of the molecule is CCCCCCCCCCCN(C)CCCCCCC. The van der Waals surface area contributed by atoms with Crippen LogP contribution in [-0.4, -0.2) is 25.0 Å². The van der Waals surface area contributed by atoms with Gasteiger partial charge in [-0.2, -0.15) is 0 Å². The van der Waals surface area contributed by atoms with E-state index in [1.54, 1.807) is 0 Å². The van der Waals surface area contributed by atoms with Gasteiger partial charge in [0, 0.05) is 0 Å². The molecule has 0 aromatic rings. The summed E-state index contributed by atoms with van der Waals surface area (Å²) in [6, 6.07) is 0. The van der Waals surface area contributed by atoms with Gasteiger partial charge in [0.05, 0.1) is 0 Å². The first kappa shape index (κ1) is 20.0. The van der Waals surface area contributed by atoms with E-state index in [1.807, 2.05) is 0 Å². The second-order valence-electron chi connectivity index (χ2n) is 6.55. The summed E-state index contributed by atoms with van der Waals surface area (Å²) in [6.45, 7) is 7.20. The first-order chi connectivity index (χ1) is 9.81. The van der Waals surface area contributed by atoms with Gasteiger partial charge in [0.2, 0.25) is 0 Å². The lowest BCUT2D eigenvalue weighted by atomic mass is 10.1. The van der Waals surface area contributed by atoms with Gasteiger partial charge >= 0.3 is 0 Å². The lowest BCUT2D eigenvalue weighted by Crippen LogP contribution is -2.20. The maximum atomic E-state index is 2.53. The van der Waals surface area contributed by atoms with Crippen molar-refractivity contribution >= 4 is 0 Å². The standard InChI is InChI=1S/C19H41N/c1-4-6-8-10-11-12-13-15-17-19-20(3)18-16-14-9-7-5-2/h4-19H2,1-3H3. The van der Waals surface area contributed by atoms with E-state index >= 15 is 0 Å². The van der Waals surface area contributed by atoms with Crippen molar-refractivity contribution in [2.24, 2.45) is 0 Å². The number of hydrogen-bond donors (Lipinski definition) is 0. The van der Waals surface area contributed by atoms with Gasteiger partial charge in [-0.05, 0) is 33.0 Å². The molecule has 0 radical (unpaired) electrons. The molecule has 0 spiro atoms. The van der Waals surface area contributed by atoms with Gasteiger partial charge in [0.15, 0.2) is 0 Å². The zero-order chi connectivity index (χ0) is 14.9. The predicted molar refractivity (Wildman–Crippen MR) is 93.5 cm³/mol. The van der Waals surface area contributed by atoms with Crippen LogP contribution in [0.4, 0.5) is 0 Å². The summed E-state index contributed by atoms with van der Waals surface area (Å²) >= 11 is 0. The zero-order valence-corrected chi connectivity index (χ0v) is 14.8. The van der Waals surface area contributed by atoms with E-state index in [2.05, 4.69) is 25.8 Å². The quantitative estimate of drug-likeness (QED) is 0.295. The summed E-state index contributed by atoms with van der Waals surface area (Å²) in [5.41, 5.74) is 0. The molecule has 1 nitrogen and oxygen atoms in total. The van der Waals surface area contributed by atoms with Crippen molar-refractivity contribution in [1.82, 2.24) is 4.90 Å². The lowest BCUT2D eigenvalue weighted by Gasteiger charge is -2.16. The van der Waals surface area contributed by atoms with Crippen LogP contribution in [0.15, 0.2) is 0 Å². The zero-order valence-electron chi connectivity index (χ0n) is 14.8. The molecule has 122 valence electrons. The minimum atomic E-state index is 1.31. The number of nitrogens with zero attached hydrogens (tertiary/aromatic N) is 1. The molecule has 0 saturated heterocycles. The van der Waals surface area contributed by atoms with Crippen LogP contribution in [-0.2, 0) is 0 Å². The topological polar surface area (TPSA) is 3.24 Å². The van der Waals surface area contributed by atoms with E-state index in [0.29, 0.717) is 0 Å². The first-order valence-electron chi connectivity index (χ1n) is 9.49. The smallest absolute Gasteiger partial charge is 0.00218 e. The molecule has 0 heterocycles. The van der Waals surface area contributed by atoms with Crippen LogP contribution >= 0.6 is 0 Å². The summed E-state index contributed by atoms with van der Waals surface area (Å²) in [4.78, 5) is 2.53. The van der Waals surface area contributed by atoms with Crippen LogP contribution in [0.25, 0.3) is 0 Å². The van der Waals surface area contributed by atoms with Crippen LogP contribution in [0.3, 0.4) is 0 Å².